The highest BCUT2D eigenvalue weighted by Gasteiger charge is 2.20. The lowest BCUT2D eigenvalue weighted by atomic mass is 10.1. The maximum atomic E-state index is 13.8. The normalized spacial score (nSPS) is 12.9. The van der Waals surface area contributed by atoms with E-state index in [1.54, 1.807) is 30.1 Å². The molecule has 26 heavy (non-hydrogen) atoms. The second-order valence-electron chi connectivity index (χ2n) is 5.84. The van der Waals surface area contributed by atoms with Gasteiger partial charge in [0, 0.05) is 29.0 Å². The van der Waals surface area contributed by atoms with E-state index in [4.69, 9.17) is 11.6 Å². The van der Waals surface area contributed by atoms with Crippen molar-refractivity contribution in [2.45, 2.75) is 18.7 Å². The number of nitrogens with zero attached hydrogens (tertiary/aromatic N) is 2. The van der Waals surface area contributed by atoms with Crippen molar-refractivity contribution in [2.75, 3.05) is 0 Å². The Morgan fingerprint density at radius 1 is 1.23 bits per heavy atom. The van der Waals surface area contributed by atoms with Gasteiger partial charge in [-0.3, -0.25) is 0 Å². The van der Waals surface area contributed by atoms with Crippen LogP contribution >= 0.6 is 11.6 Å². The van der Waals surface area contributed by atoms with Crippen LogP contribution in [0.25, 0.3) is 5.69 Å². The van der Waals surface area contributed by atoms with E-state index in [1.807, 2.05) is 24.3 Å². The Labute approximate surface area is 156 Å². The third-order valence-electron chi connectivity index (χ3n) is 3.86. The molecule has 0 radical (unpaired) electrons. The molecule has 0 bridgehead atoms. The summed E-state index contributed by atoms with van der Waals surface area (Å²) in [5.74, 6) is -1.10. The van der Waals surface area contributed by atoms with E-state index in [1.165, 1.54) is 12.1 Å². The van der Waals surface area contributed by atoms with E-state index >= 15 is 0 Å². The average molecular weight is 394 g/mol. The minimum Gasteiger partial charge on any atom is -0.241 e. The van der Waals surface area contributed by atoms with Crippen molar-refractivity contribution in [3.63, 3.8) is 0 Å². The summed E-state index contributed by atoms with van der Waals surface area (Å²) in [6.45, 7) is 1.73. The summed E-state index contributed by atoms with van der Waals surface area (Å²) in [5.41, 5.74) is 1.55. The summed E-state index contributed by atoms with van der Waals surface area (Å²) >= 11 is 5.83. The lowest BCUT2D eigenvalue weighted by Gasteiger charge is -2.18. The molecule has 1 atom stereocenters. The van der Waals surface area contributed by atoms with Crippen LogP contribution in [0.5, 0.6) is 0 Å². The van der Waals surface area contributed by atoms with Gasteiger partial charge in [-0.25, -0.2) is 22.2 Å². The van der Waals surface area contributed by atoms with Crippen LogP contribution in [0.1, 0.15) is 24.1 Å². The van der Waals surface area contributed by atoms with Crippen molar-refractivity contribution in [2.24, 2.45) is 0 Å². The molecular formula is C18H17ClFN3O2S. The monoisotopic (exact) mass is 393 g/mol. The van der Waals surface area contributed by atoms with Gasteiger partial charge in [-0.05, 0) is 42.8 Å². The van der Waals surface area contributed by atoms with Crippen LogP contribution in [-0.2, 0) is 15.8 Å². The lowest BCUT2D eigenvalue weighted by molar-refractivity contribution is 0.561. The summed E-state index contributed by atoms with van der Waals surface area (Å²) in [6.07, 6.45) is 3.43. The van der Waals surface area contributed by atoms with Crippen molar-refractivity contribution in [3.05, 3.63) is 82.9 Å². The first-order valence-corrected chi connectivity index (χ1v) is 9.91. The van der Waals surface area contributed by atoms with Crippen LogP contribution in [0.2, 0.25) is 5.02 Å². The zero-order chi connectivity index (χ0) is 18.7. The number of halogens is 2. The van der Waals surface area contributed by atoms with Crippen LogP contribution in [0.4, 0.5) is 4.39 Å². The molecule has 0 spiro atoms. The highest BCUT2D eigenvalue weighted by Crippen LogP contribution is 2.23. The molecular weight excluding hydrogens is 377 g/mol. The molecule has 0 saturated heterocycles. The molecule has 0 unspecified atom stereocenters. The minimum absolute atomic E-state index is 0.0255. The SMILES string of the molecule is C[C@H](NS(=O)(=O)Cc1cc(Cl)ccc1F)c1ccccc1-n1cccn1. The number of aromatic nitrogens is 2. The molecule has 1 aromatic heterocycles. The molecule has 0 saturated carbocycles. The van der Waals surface area contributed by atoms with Crippen molar-refractivity contribution in [3.8, 4) is 5.69 Å². The topological polar surface area (TPSA) is 64.0 Å². The third-order valence-corrected chi connectivity index (χ3v) is 5.50. The number of rotatable bonds is 6. The molecule has 0 aliphatic rings. The third kappa shape index (κ3) is 4.30. The van der Waals surface area contributed by atoms with Gasteiger partial charge in [0.15, 0.2) is 0 Å². The van der Waals surface area contributed by atoms with Crippen LogP contribution in [0.3, 0.4) is 0 Å². The van der Waals surface area contributed by atoms with E-state index in [0.717, 1.165) is 17.3 Å². The van der Waals surface area contributed by atoms with Crippen LogP contribution < -0.4 is 4.72 Å². The molecule has 5 nitrogen and oxygen atoms in total. The van der Waals surface area contributed by atoms with Crippen molar-refractivity contribution in [1.29, 1.82) is 0 Å². The summed E-state index contributed by atoms with van der Waals surface area (Å²) in [5, 5.41) is 4.48. The summed E-state index contributed by atoms with van der Waals surface area (Å²) in [4.78, 5) is 0. The second kappa shape index (κ2) is 7.57. The summed E-state index contributed by atoms with van der Waals surface area (Å²) < 4.78 is 43.1. The van der Waals surface area contributed by atoms with Gasteiger partial charge in [-0.1, -0.05) is 29.8 Å². The molecule has 0 aliphatic heterocycles. The Balaban J connectivity index is 1.84. The van der Waals surface area contributed by atoms with Crippen LogP contribution in [0, 0.1) is 5.82 Å². The number of nitrogens with one attached hydrogen (secondary N) is 1. The predicted octanol–water partition coefficient (Wildman–Crippen LogP) is 3.85. The molecule has 3 rings (SSSR count). The van der Waals surface area contributed by atoms with Crippen LogP contribution in [0.15, 0.2) is 60.9 Å². The fourth-order valence-corrected chi connectivity index (χ4v) is 4.28. The maximum absolute atomic E-state index is 13.8. The molecule has 0 fully saturated rings. The Hall–Kier alpha value is -2.22. The van der Waals surface area contributed by atoms with Gasteiger partial charge in [-0.15, -0.1) is 0 Å². The Morgan fingerprint density at radius 3 is 2.73 bits per heavy atom. The molecule has 0 amide bonds. The molecule has 136 valence electrons. The van der Waals surface area contributed by atoms with E-state index in [-0.39, 0.29) is 10.6 Å². The quantitative estimate of drug-likeness (QED) is 0.691. The second-order valence-corrected chi connectivity index (χ2v) is 8.03. The summed E-state index contributed by atoms with van der Waals surface area (Å²) in [7, 11) is -3.79. The predicted molar refractivity (Wildman–Crippen MR) is 99.1 cm³/mol. The molecule has 0 aliphatic carbocycles. The molecule has 8 heteroatoms. The van der Waals surface area contributed by atoms with E-state index in [0.29, 0.717) is 0 Å². The number of para-hydroxylation sites is 1. The fraction of sp³-hybridized carbons (Fsp3) is 0.167. The lowest BCUT2D eigenvalue weighted by Crippen LogP contribution is -2.29. The van der Waals surface area contributed by atoms with E-state index in [9.17, 15) is 12.8 Å². The molecule has 1 N–H and O–H groups in total. The average Bonchev–Trinajstić information content (AvgIpc) is 3.12. The maximum Gasteiger partial charge on any atom is 0.216 e. The van der Waals surface area contributed by atoms with E-state index < -0.39 is 27.6 Å². The van der Waals surface area contributed by atoms with E-state index in [2.05, 4.69) is 9.82 Å². The highest BCUT2D eigenvalue weighted by molar-refractivity contribution is 7.88. The first-order valence-electron chi connectivity index (χ1n) is 7.88. The number of sulfonamides is 1. The van der Waals surface area contributed by atoms with Gasteiger partial charge < -0.3 is 0 Å². The van der Waals surface area contributed by atoms with Crippen molar-refractivity contribution in [1.82, 2.24) is 14.5 Å². The number of hydrogen-bond donors (Lipinski definition) is 1. The Kier molecular flexibility index (Phi) is 5.41. The van der Waals surface area contributed by atoms with Gasteiger partial charge in [0.1, 0.15) is 5.82 Å². The minimum atomic E-state index is -3.79. The molecule has 1 heterocycles. The summed E-state index contributed by atoms with van der Waals surface area (Å²) in [6, 6.07) is 12.5. The molecule has 2 aromatic carbocycles. The van der Waals surface area contributed by atoms with Gasteiger partial charge in [-0.2, -0.15) is 5.10 Å². The number of hydrogen-bond acceptors (Lipinski definition) is 3. The standard InChI is InChI=1S/C18H17ClFN3O2S/c1-13(16-5-2-3-6-18(16)23-10-4-9-21-23)22-26(24,25)12-14-11-15(19)7-8-17(14)20/h2-11,13,22H,12H2,1H3/t13-/m0/s1. The number of benzene rings is 2. The Bertz CT molecular complexity index is 1010. The van der Waals surface area contributed by atoms with Crippen molar-refractivity contribution >= 4 is 21.6 Å². The van der Waals surface area contributed by atoms with Crippen LogP contribution in [-0.4, -0.2) is 18.2 Å². The Morgan fingerprint density at radius 2 is 2.00 bits per heavy atom. The van der Waals surface area contributed by atoms with Gasteiger partial charge in [0.05, 0.1) is 11.4 Å². The smallest absolute Gasteiger partial charge is 0.216 e. The van der Waals surface area contributed by atoms with Gasteiger partial charge >= 0.3 is 0 Å². The first-order chi connectivity index (χ1) is 12.4. The highest BCUT2D eigenvalue weighted by atomic mass is 35.5. The fourth-order valence-electron chi connectivity index (χ4n) is 2.71. The van der Waals surface area contributed by atoms with Gasteiger partial charge in [0.25, 0.3) is 0 Å². The van der Waals surface area contributed by atoms with Gasteiger partial charge in [0.2, 0.25) is 10.0 Å². The molecule has 3 aromatic rings. The largest absolute Gasteiger partial charge is 0.241 e. The zero-order valence-electron chi connectivity index (χ0n) is 13.9. The zero-order valence-corrected chi connectivity index (χ0v) is 15.5. The van der Waals surface area contributed by atoms with Crippen molar-refractivity contribution < 1.29 is 12.8 Å². The first kappa shape index (κ1) is 18.6.